The zero-order valence-corrected chi connectivity index (χ0v) is 13.7. The summed E-state index contributed by atoms with van der Waals surface area (Å²) in [5.41, 5.74) is 2.45. The number of nitrogens with zero attached hydrogens (tertiary/aromatic N) is 5. The van der Waals surface area contributed by atoms with Crippen LogP contribution in [0.3, 0.4) is 0 Å². The molecule has 1 amide bonds. The Morgan fingerprint density at radius 2 is 2.12 bits per heavy atom. The maximum absolute atomic E-state index is 12.3. The Hall–Kier alpha value is -2.96. The molecule has 0 aliphatic carbocycles. The number of amides is 1. The molecule has 0 fully saturated rings. The van der Waals surface area contributed by atoms with Crippen molar-refractivity contribution in [1.29, 1.82) is 0 Å². The lowest BCUT2D eigenvalue weighted by Crippen LogP contribution is -2.26. The largest absolute Gasteiger partial charge is 0.359 e. The van der Waals surface area contributed by atoms with Gasteiger partial charge in [-0.2, -0.15) is 5.10 Å². The normalized spacial score (nSPS) is 10.8. The Balaban J connectivity index is 1.56. The van der Waals surface area contributed by atoms with Crippen LogP contribution in [0.5, 0.6) is 0 Å². The van der Waals surface area contributed by atoms with Gasteiger partial charge in [0.1, 0.15) is 5.69 Å². The van der Waals surface area contributed by atoms with Crippen LogP contribution in [0.4, 0.5) is 0 Å². The van der Waals surface area contributed by atoms with Gasteiger partial charge < -0.3 is 9.42 Å². The van der Waals surface area contributed by atoms with Crippen LogP contribution in [0.25, 0.3) is 11.4 Å². The lowest BCUT2D eigenvalue weighted by atomic mass is 10.2. The highest BCUT2D eigenvalue weighted by molar-refractivity contribution is 5.76. The second-order valence-corrected chi connectivity index (χ2v) is 5.59. The van der Waals surface area contributed by atoms with Gasteiger partial charge in [0.05, 0.1) is 12.2 Å². The van der Waals surface area contributed by atoms with Crippen LogP contribution in [-0.4, -0.2) is 37.8 Å². The molecule has 7 heteroatoms. The van der Waals surface area contributed by atoms with E-state index in [1.807, 2.05) is 37.4 Å². The van der Waals surface area contributed by atoms with Crippen molar-refractivity contribution >= 4 is 5.91 Å². The summed E-state index contributed by atoms with van der Waals surface area (Å²) >= 11 is 0. The third-order valence-electron chi connectivity index (χ3n) is 3.82. The molecule has 3 aromatic heterocycles. The topological polar surface area (TPSA) is 77.1 Å². The predicted molar refractivity (Wildman–Crippen MR) is 87.7 cm³/mol. The van der Waals surface area contributed by atoms with Gasteiger partial charge >= 0.3 is 0 Å². The highest BCUT2D eigenvalue weighted by atomic mass is 16.5. The molecule has 0 aliphatic heterocycles. The van der Waals surface area contributed by atoms with Gasteiger partial charge in [0.2, 0.25) is 5.91 Å². The summed E-state index contributed by atoms with van der Waals surface area (Å²) in [6.07, 6.45) is 4.53. The fourth-order valence-corrected chi connectivity index (χ4v) is 2.42. The van der Waals surface area contributed by atoms with Gasteiger partial charge in [-0.3, -0.25) is 14.5 Å². The Kier molecular flexibility index (Phi) is 4.69. The average Bonchev–Trinajstić information content (AvgIpc) is 3.22. The highest BCUT2D eigenvalue weighted by Crippen LogP contribution is 2.17. The summed E-state index contributed by atoms with van der Waals surface area (Å²) in [7, 11) is 3.63. The minimum absolute atomic E-state index is 0.0481. The van der Waals surface area contributed by atoms with E-state index in [1.54, 1.807) is 29.0 Å². The summed E-state index contributed by atoms with van der Waals surface area (Å²) < 4.78 is 7.09. The van der Waals surface area contributed by atoms with Crippen LogP contribution >= 0.6 is 0 Å². The summed E-state index contributed by atoms with van der Waals surface area (Å²) in [6.45, 7) is 0.379. The molecule has 7 nitrogen and oxygen atoms in total. The Morgan fingerprint density at radius 1 is 1.25 bits per heavy atom. The number of pyridine rings is 1. The summed E-state index contributed by atoms with van der Waals surface area (Å²) in [5, 5.41) is 8.11. The number of aromatic nitrogens is 4. The number of carbonyl (C=O) groups is 1. The van der Waals surface area contributed by atoms with Crippen molar-refractivity contribution in [1.82, 2.24) is 24.8 Å². The van der Waals surface area contributed by atoms with Gasteiger partial charge in [-0.15, -0.1) is 0 Å². The lowest BCUT2D eigenvalue weighted by molar-refractivity contribution is -0.130. The average molecular weight is 325 g/mol. The van der Waals surface area contributed by atoms with Gasteiger partial charge in [-0.25, -0.2) is 0 Å². The zero-order chi connectivity index (χ0) is 16.9. The molecule has 124 valence electrons. The van der Waals surface area contributed by atoms with Crippen LogP contribution in [0.15, 0.2) is 47.2 Å². The second kappa shape index (κ2) is 7.08. The Morgan fingerprint density at radius 3 is 2.83 bits per heavy atom. The molecular weight excluding hydrogens is 306 g/mol. The molecule has 0 saturated carbocycles. The molecule has 3 rings (SSSR count). The van der Waals surface area contributed by atoms with Crippen LogP contribution in [-0.2, 0) is 24.8 Å². The molecule has 0 spiro atoms. The number of aryl methyl sites for hydroxylation is 2. The summed E-state index contributed by atoms with van der Waals surface area (Å²) in [6, 6.07) is 9.34. The van der Waals surface area contributed by atoms with Crippen LogP contribution < -0.4 is 0 Å². The standard InChI is InChI=1S/C17H19N5O2/c1-21(17(23)7-6-13-8-10-19-22(13)2)12-14-11-16(20-24-14)15-5-3-4-9-18-15/h3-5,8-11H,6-7,12H2,1-2H3. The lowest BCUT2D eigenvalue weighted by Gasteiger charge is -2.15. The van der Waals surface area contributed by atoms with Gasteiger partial charge in [0.25, 0.3) is 0 Å². The molecule has 3 aromatic rings. The van der Waals surface area contributed by atoms with Crippen molar-refractivity contribution in [2.75, 3.05) is 7.05 Å². The monoisotopic (exact) mass is 325 g/mol. The first-order chi connectivity index (χ1) is 11.6. The molecule has 0 aromatic carbocycles. The third kappa shape index (κ3) is 3.68. The van der Waals surface area contributed by atoms with E-state index in [1.165, 1.54) is 0 Å². The number of carbonyl (C=O) groups excluding carboxylic acids is 1. The fourth-order valence-electron chi connectivity index (χ4n) is 2.42. The van der Waals surface area contributed by atoms with E-state index in [0.29, 0.717) is 30.8 Å². The first kappa shape index (κ1) is 15.9. The van der Waals surface area contributed by atoms with Crippen molar-refractivity contribution < 1.29 is 9.32 Å². The van der Waals surface area contributed by atoms with Crippen molar-refractivity contribution in [2.24, 2.45) is 7.05 Å². The van der Waals surface area contributed by atoms with E-state index in [2.05, 4.69) is 15.2 Å². The van der Waals surface area contributed by atoms with Gasteiger partial charge in [-0.1, -0.05) is 11.2 Å². The minimum atomic E-state index is 0.0481. The molecule has 0 aliphatic rings. The molecule has 0 bridgehead atoms. The minimum Gasteiger partial charge on any atom is -0.359 e. The van der Waals surface area contributed by atoms with Gasteiger partial charge in [-0.05, 0) is 24.6 Å². The first-order valence-electron chi connectivity index (χ1n) is 7.71. The van der Waals surface area contributed by atoms with E-state index in [9.17, 15) is 4.79 Å². The SMILES string of the molecule is CN(Cc1cc(-c2ccccn2)no1)C(=O)CCc1ccnn1C. The van der Waals surface area contributed by atoms with E-state index in [-0.39, 0.29) is 5.91 Å². The molecule has 0 saturated heterocycles. The van der Waals surface area contributed by atoms with E-state index in [4.69, 9.17) is 4.52 Å². The fraction of sp³-hybridized carbons (Fsp3) is 0.294. The van der Waals surface area contributed by atoms with Crippen molar-refractivity contribution in [3.8, 4) is 11.4 Å². The second-order valence-electron chi connectivity index (χ2n) is 5.59. The number of hydrogen-bond acceptors (Lipinski definition) is 5. The molecule has 0 radical (unpaired) electrons. The molecule has 24 heavy (non-hydrogen) atoms. The van der Waals surface area contributed by atoms with E-state index in [0.717, 1.165) is 11.4 Å². The predicted octanol–water partition coefficient (Wildman–Crippen LogP) is 2.06. The molecule has 0 unspecified atom stereocenters. The van der Waals surface area contributed by atoms with Crippen LogP contribution in [0.1, 0.15) is 17.9 Å². The molecule has 0 N–H and O–H groups in total. The smallest absolute Gasteiger partial charge is 0.223 e. The van der Waals surface area contributed by atoms with E-state index >= 15 is 0 Å². The van der Waals surface area contributed by atoms with E-state index < -0.39 is 0 Å². The van der Waals surface area contributed by atoms with Crippen LogP contribution in [0, 0.1) is 0 Å². The Bertz CT molecular complexity index is 809. The van der Waals surface area contributed by atoms with Gasteiger partial charge in [0, 0.05) is 44.7 Å². The summed E-state index contributed by atoms with van der Waals surface area (Å²) in [5.74, 6) is 0.680. The van der Waals surface area contributed by atoms with Crippen molar-refractivity contribution in [3.63, 3.8) is 0 Å². The van der Waals surface area contributed by atoms with Crippen molar-refractivity contribution in [3.05, 3.63) is 54.2 Å². The number of rotatable bonds is 6. The highest BCUT2D eigenvalue weighted by Gasteiger charge is 2.14. The maximum atomic E-state index is 12.3. The zero-order valence-electron chi connectivity index (χ0n) is 13.7. The van der Waals surface area contributed by atoms with Crippen molar-refractivity contribution in [2.45, 2.75) is 19.4 Å². The number of hydrogen-bond donors (Lipinski definition) is 0. The third-order valence-corrected chi connectivity index (χ3v) is 3.82. The maximum Gasteiger partial charge on any atom is 0.223 e. The van der Waals surface area contributed by atoms with Crippen LogP contribution in [0.2, 0.25) is 0 Å². The Labute approximate surface area is 139 Å². The first-order valence-corrected chi connectivity index (χ1v) is 7.71. The quantitative estimate of drug-likeness (QED) is 0.693. The summed E-state index contributed by atoms with van der Waals surface area (Å²) in [4.78, 5) is 18.1. The van der Waals surface area contributed by atoms with Gasteiger partial charge in [0.15, 0.2) is 5.76 Å². The molecular formula is C17H19N5O2. The molecule has 3 heterocycles. The molecule has 0 atom stereocenters.